The molecule has 0 radical (unpaired) electrons. The van der Waals surface area contributed by atoms with Crippen molar-refractivity contribution in [2.45, 2.75) is 6.92 Å². The number of carbonyl (C=O) groups excluding carboxylic acids is 1. The van der Waals surface area contributed by atoms with Crippen molar-refractivity contribution in [1.29, 1.82) is 0 Å². The third-order valence-electron chi connectivity index (χ3n) is 3.28. The van der Waals surface area contributed by atoms with E-state index in [4.69, 9.17) is 0 Å². The Kier molecular flexibility index (Phi) is 5.57. The molecule has 0 saturated carbocycles. The molecule has 0 atom stereocenters. The van der Waals surface area contributed by atoms with Crippen LogP contribution in [0.3, 0.4) is 0 Å². The number of nitrogens with zero attached hydrogens (tertiary/aromatic N) is 2. The van der Waals surface area contributed by atoms with Crippen LogP contribution in [0.5, 0.6) is 0 Å². The van der Waals surface area contributed by atoms with Crippen LogP contribution >= 0.6 is 27.3 Å². The van der Waals surface area contributed by atoms with Gasteiger partial charge in [0.25, 0.3) is 5.91 Å². The summed E-state index contributed by atoms with van der Waals surface area (Å²) >= 11 is 4.98. The van der Waals surface area contributed by atoms with E-state index in [1.54, 1.807) is 23.6 Å². The molecule has 0 aliphatic carbocycles. The van der Waals surface area contributed by atoms with Gasteiger partial charge in [-0.3, -0.25) is 9.89 Å². The third kappa shape index (κ3) is 4.74. The Morgan fingerprint density at radius 2 is 2.08 bits per heavy atom. The molecular formula is C18H15BrN4OS. The first-order valence-electron chi connectivity index (χ1n) is 7.50. The molecule has 0 fully saturated rings. The number of H-pyrrole nitrogens is 1. The van der Waals surface area contributed by atoms with Gasteiger partial charge in [-0.05, 0) is 52.2 Å². The fourth-order valence-electron chi connectivity index (χ4n) is 2.12. The lowest BCUT2D eigenvalue weighted by Gasteiger charge is -1.96. The normalized spacial score (nSPS) is 11.8. The maximum absolute atomic E-state index is 12.1. The van der Waals surface area contributed by atoms with E-state index in [-0.39, 0.29) is 5.91 Å². The van der Waals surface area contributed by atoms with Gasteiger partial charge in [0.1, 0.15) is 0 Å². The van der Waals surface area contributed by atoms with E-state index in [1.165, 1.54) is 0 Å². The quantitative estimate of drug-likeness (QED) is 0.468. The number of hydrogen-bond acceptors (Lipinski definition) is 4. The zero-order chi connectivity index (χ0) is 17.6. The number of halogens is 1. The van der Waals surface area contributed by atoms with Crippen molar-refractivity contribution in [3.8, 4) is 10.6 Å². The van der Waals surface area contributed by atoms with E-state index in [1.807, 2.05) is 55.5 Å². The van der Waals surface area contributed by atoms with Gasteiger partial charge in [0.2, 0.25) is 0 Å². The van der Waals surface area contributed by atoms with E-state index in [0.29, 0.717) is 5.69 Å². The summed E-state index contributed by atoms with van der Waals surface area (Å²) in [6.45, 7) is 1.92. The fourth-order valence-corrected chi connectivity index (χ4v) is 3.47. The van der Waals surface area contributed by atoms with Gasteiger partial charge in [0, 0.05) is 0 Å². The van der Waals surface area contributed by atoms with Crippen LogP contribution in [0, 0.1) is 0 Å². The molecule has 1 aromatic carbocycles. The second kappa shape index (κ2) is 8.04. The Labute approximate surface area is 157 Å². The van der Waals surface area contributed by atoms with Crippen LogP contribution in [0.1, 0.15) is 23.0 Å². The van der Waals surface area contributed by atoms with Gasteiger partial charge in [-0.15, -0.1) is 11.3 Å². The molecule has 126 valence electrons. The predicted octanol–water partition coefficient (Wildman–Crippen LogP) is 4.72. The molecule has 2 N–H and O–H groups in total. The second-order valence-corrected chi connectivity index (χ2v) is 7.73. The monoisotopic (exact) mass is 414 g/mol. The average Bonchev–Trinajstić information content (AvgIpc) is 3.24. The van der Waals surface area contributed by atoms with Gasteiger partial charge >= 0.3 is 0 Å². The molecule has 5 nitrogen and oxygen atoms in total. The summed E-state index contributed by atoms with van der Waals surface area (Å²) in [6.07, 6.45) is 3.59. The van der Waals surface area contributed by atoms with Crippen LogP contribution in [-0.2, 0) is 0 Å². The van der Waals surface area contributed by atoms with Crippen molar-refractivity contribution in [3.63, 3.8) is 0 Å². The number of thiophene rings is 1. The zero-order valence-electron chi connectivity index (χ0n) is 13.4. The Morgan fingerprint density at radius 3 is 2.80 bits per heavy atom. The molecule has 2 heterocycles. The molecule has 0 bridgehead atoms. The van der Waals surface area contributed by atoms with E-state index < -0.39 is 0 Å². The van der Waals surface area contributed by atoms with Gasteiger partial charge in [0.05, 0.1) is 20.6 Å². The maximum atomic E-state index is 12.1. The minimum atomic E-state index is -0.359. The molecule has 7 heteroatoms. The van der Waals surface area contributed by atoms with Crippen molar-refractivity contribution in [3.05, 3.63) is 69.1 Å². The number of aromatic amines is 1. The largest absolute Gasteiger partial charge is 0.291 e. The van der Waals surface area contributed by atoms with Gasteiger partial charge < -0.3 is 0 Å². The molecule has 3 aromatic rings. The third-order valence-corrected chi connectivity index (χ3v) is 4.93. The van der Waals surface area contributed by atoms with Gasteiger partial charge in [-0.1, -0.05) is 36.4 Å². The first-order chi connectivity index (χ1) is 12.1. The fraction of sp³-hybridized carbons (Fsp3) is 0.0556. The summed E-state index contributed by atoms with van der Waals surface area (Å²) in [4.78, 5) is 13.1. The van der Waals surface area contributed by atoms with Gasteiger partial charge in [0.15, 0.2) is 5.69 Å². The lowest BCUT2D eigenvalue weighted by molar-refractivity contribution is 0.0950. The van der Waals surface area contributed by atoms with Crippen LogP contribution < -0.4 is 5.43 Å². The standard InChI is InChI=1S/C18H15BrN4OS/c1-12(9-13-5-3-2-4-6-13)11-20-23-18(24)15-10-14(21-22-15)16-7-8-17(19)25-16/h2-11H,1H3,(H,21,22)(H,23,24)/b12-9+,20-11+. The molecule has 0 saturated heterocycles. The average molecular weight is 415 g/mol. The number of hydrazone groups is 1. The highest BCUT2D eigenvalue weighted by molar-refractivity contribution is 9.11. The molecule has 2 aromatic heterocycles. The number of hydrogen-bond donors (Lipinski definition) is 2. The summed E-state index contributed by atoms with van der Waals surface area (Å²) in [6, 6.07) is 15.5. The lowest BCUT2D eigenvalue weighted by atomic mass is 10.1. The summed E-state index contributed by atoms with van der Waals surface area (Å²) in [5.41, 5.74) is 5.58. The van der Waals surface area contributed by atoms with Crippen LogP contribution in [0.4, 0.5) is 0 Å². The number of allylic oxidation sites excluding steroid dienone is 1. The van der Waals surface area contributed by atoms with Crippen LogP contribution in [0.25, 0.3) is 16.6 Å². The van der Waals surface area contributed by atoms with Gasteiger partial charge in [-0.25, -0.2) is 5.43 Å². The number of aromatic nitrogens is 2. The lowest BCUT2D eigenvalue weighted by Crippen LogP contribution is -2.17. The molecule has 1 amide bonds. The molecular weight excluding hydrogens is 400 g/mol. The van der Waals surface area contributed by atoms with E-state index in [9.17, 15) is 4.79 Å². The van der Waals surface area contributed by atoms with Crippen molar-refractivity contribution < 1.29 is 4.79 Å². The molecule has 0 aliphatic rings. The highest BCUT2D eigenvalue weighted by Crippen LogP contribution is 2.30. The maximum Gasteiger partial charge on any atom is 0.291 e. The Balaban J connectivity index is 1.61. The summed E-state index contributed by atoms with van der Waals surface area (Å²) in [5, 5.41) is 10.9. The molecule has 0 unspecified atom stereocenters. The number of rotatable bonds is 5. The Morgan fingerprint density at radius 1 is 1.28 bits per heavy atom. The minimum absolute atomic E-state index is 0.293. The highest BCUT2D eigenvalue weighted by atomic mass is 79.9. The summed E-state index contributed by atoms with van der Waals surface area (Å²) in [5.74, 6) is -0.359. The highest BCUT2D eigenvalue weighted by Gasteiger charge is 2.11. The van der Waals surface area contributed by atoms with E-state index in [2.05, 4.69) is 36.7 Å². The van der Waals surface area contributed by atoms with Gasteiger partial charge in [-0.2, -0.15) is 10.2 Å². The smallest absolute Gasteiger partial charge is 0.276 e. The first-order valence-corrected chi connectivity index (χ1v) is 9.10. The van der Waals surface area contributed by atoms with Crippen LogP contribution in [0.2, 0.25) is 0 Å². The van der Waals surface area contributed by atoms with Crippen molar-refractivity contribution in [1.82, 2.24) is 15.6 Å². The van der Waals surface area contributed by atoms with Crippen molar-refractivity contribution >= 4 is 45.5 Å². The minimum Gasteiger partial charge on any atom is -0.276 e. The Hall–Kier alpha value is -2.51. The van der Waals surface area contributed by atoms with Crippen molar-refractivity contribution in [2.24, 2.45) is 5.10 Å². The Bertz CT molecular complexity index is 927. The number of benzene rings is 1. The number of nitrogens with one attached hydrogen (secondary N) is 2. The summed E-state index contributed by atoms with van der Waals surface area (Å²) < 4.78 is 1.02. The topological polar surface area (TPSA) is 70.1 Å². The zero-order valence-corrected chi connectivity index (χ0v) is 15.8. The first kappa shape index (κ1) is 17.3. The van der Waals surface area contributed by atoms with Crippen LogP contribution in [0.15, 0.2) is 63.0 Å². The molecule has 3 rings (SSSR count). The molecule has 0 spiro atoms. The molecule has 0 aliphatic heterocycles. The van der Waals surface area contributed by atoms with E-state index in [0.717, 1.165) is 25.5 Å². The van der Waals surface area contributed by atoms with Crippen molar-refractivity contribution in [2.75, 3.05) is 0 Å². The SMILES string of the molecule is CC(/C=N/NC(=O)c1cc(-c2ccc(Br)s2)[nH]n1)=C\c1ccccc1. The second-order valence-electron chi connectivity index (χ2n) is 5.27. The van der Waals surface area contributed by atoms with Crippen LogP contribution in [-0.4, -0.2) is 22.3 Å². The summed E-state index contributed by atoms with van der Waals surface area (Å²) in [7, 11) is 0. The van der Waals surface area contributed by atoms with E-state index >= 15 is 0 Å². The number of carbonyl (C=O) groups is 1. The predicted molar refractivity (Wildman–Crippen MR) is 106 cm³/mol. The number of amides is 1. The molecule has 25 heavy (non-hydrogen) atoms.